The Kier molecular flexibility index (Phi) is 2.94. The Morgan fingerprint density at radius 3 is 2.77 bits per heavy atom. The van der Waals surface area contributed by atoms with Gasteiger partial charge in [-0.25, -0.2) is 0 Å². The van der Waals surface area contributed by atoms with Crippen LogP contribution in [0.15, 0.2) is 24.5 Å². The highest BCUT2D eigenvalue weighted by Gasteiger charge is 2.23. The number of carboxylic acid groups (broad SMARTS) is 1. The quantitative estimate of drug-likeness (QED) is 0.587. The predicted molar refractivity (Wildman–Crippen MR) is 44.8 cm³/mol. The van der Waals surface area contributed by atoms with Gasteiger partial charge in [0.05, 0.1) is 0 Å². The minimum absolute atomic E-state index is 0.400. The Morgan fingerprint density at radius 2 is 2.31 bits per heavy atom. The molecule has 0 aliphatic rings. The lowest BCUT2D eigenvalue weighted by Gasteiger charge is -2.14. The summed E-state index contributed by atoms with van der Waals surface area (Å²) in [6.07, 6.45) is 1.70. The second-order valence-corrected chi connectivity index (χ2v) is 2.60. The zero-order valence-electron chi connectivity index (χ0n) is 6.79. The fourth-order valence-corrected chi connectivity index (χ4v) is 0.893. The molecule has 2 atom stereocenters. The Bertz CT molecular complexity index is 289. The number of carbonyl (C=O) groups is 1. The molecule has 0 unspecified atom stereocenters. The number of aliphatic hydroxyl groups excluding tert-OH is 1. The van der Waals surface area contributed by atoms with Crippen LogP contribution in [0.5, 0.6) is 0 Å². The third-order valence-electron chi connectivity index (χ3n) is 1.65. The van der Waals surface area contributed by atoms with Crippen LogP contribution in [-0.2, 0) is 4.79 Å². The SMILES string of the molecule is N[C@H](C(=O)O)[C@H](O)c1cccnc1. The maximum Gasteiger partial charge on any atom is 0.323 e. The average molecular weight is 182 g/mol. The second-order valence-electron chi connectivity index (χ2n) is 2.60. The van der Waals surface area contributed by atoms with Gasteiger partial charge in [0.2, 0.25) is 0 Å². The number of nitrogens with two attached hydrogens (primary N) is 1. The van der Waals surface area contributed by atoms with E-state index in [0.29, 0.717) is 5.56 Å². The summed E-state index contributed by atoms with van der Waals surface area (Å²) < 4.78 is 0. The molecule has 0 aliphatic heterocycles. The molecule has 0 aliphatic carbocycles. The smallest absolute Gasteiger partial charge is 0.323 e. The molecule has 13 heavy (non-hydrogen) atoms. The van der Waals surface area contributed by atoms with Gasteiger partial charge >= 0.3 is 5.97 Å². The molecule has 0 saturated heterocycles. The number of nitrogens with zero attached hydrogens (tertiary/aromatic N) is 1. The molecule has 0 fully saturated rings. The molecule has 0 amide bonds. The van der Waals surface area contributed by atoms with Gasteiger partial charge in [0.25, 0.3) is 0 Å². The van der Waals surface area contributed by atoms with Crippen LogP contribution in [-0.4, -0.2) is 27.2 Å². The Hall–Kier alpha value is -1.46. The van der Waals surface area contributed by atoms with E-state index in [1.165, 1.54) is 12.4 Å². The highest BCUT2D eigenvalue weighted by atomic mass is 16.4. The molecule has 5 nitrogen and oxygen atoms in total. The molecule has 1 aromatic heterocycles. The number of aliphatic hydroxyl groups is 1. The van der Waals surface area contributed by atoms with Gasteiger partial charge in [-0.05, 0) is 6.07 Å². The molecule has 4 N–H and O–H groups in total. The van der Waals surface area contributed by atoms with Crippen LogP contribution in [0.25, 0.3) is 0 Å². The summed E-state index contributed by atoms with van der Waals surface area (Å²) in [6.45, 7) is 0. The van der Waals surface area contributed by atoms with Gasteiger partial charge < -0.3 is 15.9 Å². The Labute approximate surface area is 74.8 Å². The van der Waals surface area contributed by atoms with Crippen LogP contribution in [0, 0.1) is 0 Å². The molecule has 0 radical (unpaired) electrons. The number of rotatable bonds is 3. The molecule has 0 aromatic carbocycles. The molecule has 5 heteroatoms. The van der Waals surface area contributed by atoms with Gasteiger partial charge in [0.1, 0.15) is 12.1 Å². The molecule has 0 saturated carbocycles. The van der Waals surface area contributed by atoms with Crippen molar-refractivity contribution in [2.24, 2.45) is 5.73 Å². The van der Waals surface area contributed by atoms with E-state index in [4.69, 9.17) is 10.8 Å². The minimum Gasteiger partial charge on any atom is -0.480 e. The normalized spacial score (nSPS) is 14.9. The van der Waals surface area contributed by atoms with Gasteiger partial charge in [-0.1, -0.05) is 6.07 Å². The predicted octanol–water partition coefficient (Wildman–Crippen LogP) is -0.473. The topological polar surface area (TPSA) is 96.4 Å². The highest BCUT2D eigenvalue weighted by Crippen LogP contribution is 2.13. The molecule has 70 valence electrons. The molecule has 1 aromatic rings. The maximum atomic E-state index is 10.4. The van der Waals surface area contributed by atoms with Crippen molar-refractivity contribution in [1.29, 1.82) is 0 Å². The van der Waals surface area contributed by atoms with Gasteiger partial charge in [-0.2, -0.15) is 0 Å². The summed E-state index contributed by atoms with van der Waals surface area (Å²) in [5.41, 5.74) is 5.62. The van der Waals surface area contributed by atoms with Crippen molar-refractivity contribution in [3.63, 3.8) is 0 Å². The summed E-state index contributed by atoms with van der Waals surface area (Å²) in [7, 11) is 0. The van der Waals surface area contributed by atoms with Gasteiger partial charge in [0, 0.05) is 18.0 Å². The number of pyridine rings is 1. The van der Waals surface area contributed by atoms with Crippen molar-refractivity contribution in [3.8, 4) is 0 Å². The Morgan fingerprint density at radius 1 is 1.62 bits per heavy atom. The summed E-state index contributed by atoms with van der Waals surface area (Å²) in [4.78, 5) is 14.1. The number of hydrogen-bond donors (Lipinski definition) is 3. The highest BCUT2D eigenvalue weighted by molar-refractivity contribution is 5.74. The van der Waals surface area contributed by atoms with E-state index in [1.54, 1.807) is 12.1 Å². The van der Waals surface area contributed by atoms with Gasteiger partial charge in [0.15, 0.2) is 0 Å². The van der Waals surface area contributed by atoms with Crippen LogP contribution < -0.4 is 5.73 Å². The van der Waals surface area contributed by atoms with E-state index in [-0.39, 0.29) is 0 Å². The van der Waals surface area contributed by atoms with E-state index >= 15 is 0 Å². The lowest BCUT2D eigenvalue weighted by atomic mass is 10.1. The van der Waals surface area contributed by atoms with Crippen LogP contribution >= 0.6 is 0 Å². The van der Waals surface area contributed by atoms with E-state index < -0.39 is 18.1 Å². The van der Waals surface area contributed by atoms with Crippen LogP contribution in [0.4, 0.5) is 0 Å². The van der Waals surface area contributed by atoms with Gasteiger partial charge in [-0.15, -0.1) is 0 Å². The van der Waals surface area contributed by atoms with Crippen LogP contribution in [0.3, 0.4) is 0 Å². The summed E-state index contributed by atoms with van der Waals surface area (Å²) >= 11 is 0. The zero-order chi connectivity index (χ0) is 9.84. The summed E-state index contributed by atoms with van der Waals surface area (Å²) in [5.74, 6) is -1.24. The van der Waals surface area contributed by atoms with Crippen molar-refractivity contribution in [3.05, 3.63) is 30.1 Å². The van der Waals surface area contributed by atoms with Crippen molar-refractivity contribution in [2.45, 2.75) is 12.1 Å². The first-order valence-corrected chi connectivity index (χ1v) is 3.69. The number of aliphatic carboxylic acids is 1. The van der Waals surface area contributed by atoms with Crippen LogP contribution in [0.1, 0.15) is 11.7 Å². The van der Waals surface area contributed by atoms with E-state index in [9.17, 15) is 9.90 Å². The van der Waals surface area contributed by atoms with Crippen molar-refractivity contribution >= 4 is 5.97 Å². The minimum atomic E-state index is -1.32. The largest absolute Gasteiger partial charge is 0.480 e. The number of carboxylic acids is 1. The average Bonchev–Trinajstić information content (AvgIpc) is 2.17. The standard InChI is InChI=1S/C8H10N2O3/c9-6(8(12)13)7(11)5-2-1-3-10-4-5/h1-4,6-7,11H,9H2,(H,12,13)/t6-,7+/m0/s1. The third kappa shape index (κ3) is 2.24. The van der Waals surface area contributed by atoms with Crippen molar-refractivity contribution in [1.82, 2.24) is 4.98 Å². The molecule has 1 heterocycles. The lowest BCUT2D eigenvalue weighted by Crippen LogP contribution is -2.36. The fourth-order valence-electron chi connectivity index (χ4n) is 0.893. The molecule has 0 bridgehead atoms. The van der Waals surface area contributed by atoms with Gasteiger partial charge in [-0.3, -0.25) is 9.78 Å². The first-order chi connectivity index (χ1) is 6.13. The summed E-state index contributed by atoms with van der Waals surface area (Å²) in [5, 5.41) is 17.9. The Balaban J connectivity index is 2.79. The number of aromatic nitrogens is 1. The zero-order valence-corrected chi connectivity index (χ0v) is 6.79. The van der Waals surface area contributed by atoms with E-state index in [1.807, 2.05) is 0 Å². The summed E-state index contributed by atoms with van der Waals surface area (Å²) in [6, 6.07) is 1.86. The molecular formula is C8H10N2O3. The van der Waals surface area contributed by atoms with Crippen LogP contribution in [0.2, 0.25) is 0 Å². The molecule has 1 rings (SSSR count). The second kappa shape index (κ2) is 3.97. The van der Waals surface area contributed by atoms with Crippen molar-refractivity contribution in [2.75, 3.05) is 0 Å². The lowest BCUT2D eigenvalue weighted by molar-refractivity contribution is -0.141. The number of hydrogen-bond acceptors (Lipinski definition) is 4. The molecular weight excluding hydrogens is 172 g/mol. The van der Waals surface area contributed by atoms with Crippen molar-refractivity contribution < 1.29 is 15.0 Å². The first-order valence-electron chi connectivity index (χ1n) is 3.69. The maximum absolute atomic E-state index is 10.4. The monoisotopic (exact) mass is 182 g/mol. The fraction of sp³-hybridized carbons (Fsp3) is 0.250. The first kappa shape index (κ1) is 9.63. The third-order valence-corrected chi connectivity index (χ3v) is 1.65. The van der Waals surface area contributed by atoms with E-state index in [2.05, 4.69) is 4.98 Å². The molecule has 0 spiro atoms. The van der Waals surface area contributed by atoms with E-state index in [0.717, 1.165) is 0 Å².